The van der Waals surface area contributed by atoms with Crippen molar-refractivity contribution in [3.63, 3.8) is 0 Å². The molecule has 0 unspecified atom stereocenters. The zero-order chi connectivity index (χ0) is 20.3. The van der Waals surface area contributed by atoms with Crippen LogP contribution < -0.4 is 10.1 Å². The van der Waals surface area contributed by atoms with Crippen molar-refractivity contribution in [3.8, 4) is 5.75 Å². The molecule has 2 aliphatic carbocycles. The van der Waals surface area contributed by atoms with Crippen LogP contribution in [0.1, 0.15) is 42.3 Å². The SMILES string of the molecule is COc1ccc([C@@H]2Nc3ccc([N+](=O)[O-])cc3[C@@H]3[C@H]4CC[C@@H](C4)[C@H]32)cc1[N+](=O)[O-]. The first-order chi connectivity index (χ1) is 14.0. The van der Waals surface area contributed by atoms with E-state index in [4.69, 9.17) is 4.74 Å². The number of methoxy groups -OCH3 is 1. The standard InChI is InChI=1S/C21H21N3O5/c1-29-18-7-4-13(9-17(18)24(27)28)21-20-12-3-2-11(8-12)19(20)15-10-14(23(25)26)5-6-16(15)22-21/h4-7,9-12,19-22H,2-3,8H2,1H3/t11-,12-,19-,20+,21-/m0/s1. The molecule has 0 saturated heterocycles. The van der Waals surface area contributed by atoms with E-state index in [0.717, 1.165) is 36.1 Å². The molecule has 0 amide bonds. The molecule has 0 radical (unpaired) electrons. The molecule has 1 aliphatic heterocycles. The van der Waals surface area contributed by atoms with Gasteiger partial charge in [-0.15, -0.1) is 0 Å². The minimum atomic E-state index is -0.416. The van der Waals surface area contributed by atoms with Crippen LogP contribution >= 0.6 is 0 Å². The molecule has 2 aromatic rings. The summed E-state index contributed by atoms with van der Waals surface area (Å²) in [7, 11) is 1.43. The number of hydrogen-bond acceptors (Lipinski definition) is 6. The molecule has 3 aliphatic rings. The van der Waals surface area contributed by atoms with Gasteiger partial charge in [-0.1, -0.05) is 6.07 Å². The fraction of sp³-hybridized carbons (Fsp3) is 0.429. The summed E-state index contributed by atoms with van der Waals surface area (Å²) in [6, 6.07) is 10.1. The van der Waals surface area contributed by atoms with E-state index in [2.05, 4.69) is 5.32 Å². The zero-order valence-corrected chi connectivity index (χ0v) is 15.9. The van der Waals surface area contributed by atoms with Crippen LogP contribution in [0.15, 0.2) is 36.4 Å². The molecule has 8 heteroatoms. The van der Waals surface area contributed by atoms with Crippen LogP contribution in [-0.2, 0) is 0 Å². The molecule has 2 fully saturated rings. The summed E-state index contributed by atoms with van der Waals surface area (Å²) >= 11 is 0. The van der Waals surface area contributed by atoms with Crippen molar-refractivity contribution in [1.29, 1.82) is 0 Å². The smallest absolute Gasteiger partial charge is 0.311 e. The Balaban J connectivity index is 1.61. The predicted molar refractivity (Wildman–Crippen MR) is 106 cm³/mol. The normalized spacial score (nSPS) is 28.9. The molecule has 8 nitrogen and oxygen atoms in total. The summed E-state index contributed by atoms with van der Waals surface area (Å²) in [5, 5.41) is 26.4. The molecule has 2 saturated carbocycles. The number of anilines is 1. The van der Waals surface area contributed by atoms with Gasteiger partial charge in [-0.25, -0.2) is 0 Å². The lowest BCUT2D eigenvalue weighted by Crippen LogP contribution is -2.35. The van der Waals surface area contributed by atoms with Crippen LogP contribution in [0.2, 0.25) is 0 Å². The fourth-order valence-corrected chi connectivity index (χ4v) is 5.96. The fourth-order valence-electron chi connectivity index (χ4n) is 5.96. The number of non-ortho nitro benzene ring substituents is 1. The molecule has 29 heavy (non-hydrogen) atoms. The second-order valence-corrected chi connectivity index (χ2v) is 8.28. The van der Waals surface area contributed by atoms with E-state index in [9.17, 15) is 20.2 Å². The van der Waals surface area contributed by atoms with Gasteiger partial charge in [-0.05, 0) is 66.2 Å². The average molecular weight is 395 g/mol. The Kier molecular flexibility index (Phi) is 3.97. The molecule has 1 heterocycles. The van der Waals surface area contributed by atoms with Gasteiger partial charge < -0.3 is 10.1 Å². The number of hydrogen-bond donors (Lipinski definition) is 1. The van der Waals surface area contributed by atoms with Gasteiger partial charge in [0.05, 0.1) is 23.0 Å². The van der Waals surface area contributed by atoms with Gasteiger partial charge in [-0.2, -0.15) is 0 Å². The Morgan fingerprint density at radius 1 is 1.03 bits per heavy atom. The summed E-state index contributed by atoms with van der Waals surface area (Å²) in [4.78, 5) is 22.0. The topological polar surface area (TPSA) is 108 Å². The first-order valence-electron chi connectivity index (χ1n) is 9.85. The van der Waals surface area contributed by atoms with Gasteiger partial charge in [0, 0.05) is 23.9 Å². The monoisotopic (exact) mass is 395 g/mol. The minimum Gasteiger partial charge on any atom is -0.490 e. The maximum absolute atomic E-state index is 11.5. The number of ether oxygens (including phenoxy) is 1. The van der Waals surface area contributed by atoms with Crippen LogP contribution in [0, 0.1) is 38.0 Å². The Labute approximate surface area is 167 Å². The summed E-state index contributed by atoms with van der Waals surface area (Å²) < 4.78 is 5.15. The number of nitro benzene ring substituents is 2. The molecule has 0 aromatic heterocycles. The predicted octanol–water partition coefficient (Wildman–Crippen LogP) is 4.81. The highest BCUT2D eigenvalue weighted by molar-refractivity contribution is 5.63. The number of rotatable bonds is 4. The number of fused-ring (bicyclic) bond motifs is 7. The third-order valence-corrected chi connectivity index (χ3v) is 7.04. The van der Waals surface area contributed by atoms with Gasteiger partial charge in [-0.3, -0.25) is 20.2 Å². The highest BCUT2D eigenvalue weighted by Crippen LogP contribution is 2.64. The second kappa shape index (κ2) is 6.43. The van der Waals surface area contributed by atoms with Gasteiger partial charge in [0.15, 0.2) is 5.75 Å². The van der Waals surface area contributed by atoms with E-state index in [-0.39, 0.29) is 39.9 Å². The Bertz CT molecular complexity index is 1020. The first-order valence-corrected chi connectivity index (χ1v) is 9.85. The van der Waals surface area contributed by atoms with Crippen molar-refractivity contribution in [2.75, 3.05) is 12.4 Å². The number of nitro groups is 2. The van der Waals surface area contributed by atoms with E-state index in [1.165, 1.54) is 13.2 Å². The first kappa shape index (κ1) is 17.9. The Morgan fingerprint density at radius 3 is 2.55 bits per heavy atom. The maximum Gasteiger partial charge on any atom is 0.311 e. The van der Waals surface area contributed by atoms with Crippen molar-refractivity contribution in [1.82, 2.24) is 0 Å². The summed E-state index contributed by atoms with van der Waals surface area (Å²) in [6.45, 7) is 0. The number of nitrogens with zero attached hydrogens (tertiary/aromatic N) is 2. The van der Waals surface area contributed by atoms with Gasteiger partial charge >= 0.3 is 5.69 Å². The van der Waals surface area contributed by atoms with Crippen molar-refractivity contribution >= 4 is 17.1 Å². The highest BCUT2D eigenvalue weighted by Gasteiger charge is 2.54. The molecule has 2 aromatic carbocycles. The largest absolute Gasteiger partial charge is 0.490 e. The molecule has 0 spiro atoms. The van der Waals surface area contributed by atoms with E-state index >= 15 is 0 Å². The van der Waals surface area contributed by atoms with Gasteiger partial charge in [0.25, 0.3) is 5.69 Å². The van der Waals surface area contributed by atoms with E-state index < -0.39 is 4.92 Å². The number of nitrogens with one attached hydrogen (secondary N) is 1. The second-order valence-electron chi connectivity index (χ2n) is 8.28. The van der Waals surface area contributed by atoms with Crippen LogP contribution in [-0.4, -0.2) is 17.0 Å². The molecular formula is C21H21N3O5. The van der Waals surface area contributed by atoms with Crippen molar-refractivity contribution in [2.24, 2.45) is 17.8 Å². The Hall–Kier alpha value is -3.16. The van der Waals surface area contributed by atoms with Gasteiger partial charge in [0.2, 0.25) is 0 Å². The van der Waals surface area contributed by atoms with E-state index in [1.807, 2.05) is 6.07 Å². The summed E-state index contributed by atoms with van der Waals surface area (Å²) in [5.74, 6) is 1.81. The molecule has 150 valence electrons. The molecule has 2 bridgehead atoms. The van der Waals surface area contributed by atoms with Crippen LogP contribution in [0.25, 0.3) is 0 Å². The quantitative estimate of drug-likeness (QED) is 0.588. The third-order valence-electron chi connectivity index (χ3n) is 7.04. The van der Waals surface area contributed by atoms with Gasteiger partial charge in [0.1, 0.15) is 0 Å². The van der Waals surface area contributed by atoms with Crippen molar-refractivity contribution in [2.45, 2.75) is 31.2 Å². The lowest BCUT2D eigenvalue weighted by atomic mass is 9.68. The maximum atomic E-state index is 11.5. The van der Waals surface area contributed by atoms with Crippen LogP contribution in [0.3, 0.4) is 0 Å². The third kappa shape index (κ3) is 2.66. The Morgan fingerprint density at radius 2 is 1.83 bits per heavy atom. The minimum absolute atomic E-state index is 0.0407. The zero-order valence-electron chi connectivity index (χ0n) is 15.9. The highest BCUT2D eigenvalue weighted by atomic mass is 16.6. The van der Waals surface area contributed by atoms with Crippen LogP contribution in [0.5, 0.6) is 5.75 Å². The van der Waals surface area contributed by atoms with E-state index in [1.54, 1.807) is 24.3 Å². The molecular weight excluding hydrogens is 374 g/mol. The lowest BCUT2D eigenvalue weighted by Gasteiger charge is -2.43. The average Bonchev–Trinajstić information content (AvgIpc) is 3.34. The summed E-state index contributed by atoms with van der Waals surface area (Å²) in [6.07, 6.45) is 3.41. The van der Waals surface area contributed by atoms with Crippen molar-refractivity contribution < 1.29 is 14.6 Å². The molecule has 1 N–H and O–H groups in total. The van der Waals surface area contributed by atoms with E-state index in [0.29, 0.717) is 11.8 Å². The summed E-state index contributed by atoms with van der Waals surface area (Å²) in [5.41, 5.74) is 2.86. The lowest BCUT2D eigenvalue weighted by molar-refractivity contribution is -0.385. The molecule has 5 atom stereocenters. The van der Waals surface area contributed by atoms with Crippen molar-refractivity contribution in [3.05, 3.63) is 67.8 Å². The number of benzene rings is 2. The van der Waals surface area contributed by atoms with Crippen LogP contribution in [0.4, 0.5) is 17.1 Å². The molecule has 5 rings (SSSR count).